The fourth-order valence-corrected chi connectivity index (χ4v) is 2.12. The Balaban J connectivity index is 2.12. The molecule has 3 nitrogen and oxygen atoms in total. The minimum absolute atomic E-state index is 0.464. The third-order valence-electron chi connectivity index (χ3n) is 1.94. The zero-order chi connectivity index (χ0) is 11.4. The van der Waals surface area contributed by atoms with Gasteiger partial charge in [0.1, 0.15) is 10.9 Å². The average molecular weight is 255 g/mol. The Morgan fingerprint density at radius 1 is 1.50 bits per heavy atom. The van der Waals surface area contributed by atoms with Gasteiger partial charge in [-0.1, -0.05) is 35.1 Å². The summed E-state index contributed by atoms with van der Waals surface area (Å²) in [6, 6.07) is 7.87. The summed E-state index contributed by atoms with van der Waals surface area (Å²) in [6.45, 7) is 0.815. The van der Waals surface area contributed by atoms with Crippen LogP contribution >= 0.6 is 22.9 Å². The molecule has 1 N–H and O–H groups in total. The molecule has 1 aromatic carbocycles. The van der Waals surface area contributed by atoms with Crippen LogP contribution in [-0.4, -0.2) is 12.0 Å². The molecule has 0 fully saturated rings. The molecule has 2 rings (SSSR count). The molecule has 1 heterocycles. The number of aromatic nitrogens is 1. The standard InChI is InChI=1S/C11H11ClN2OS/c1-13-6-8-3-2-4-9(5-8)15-11-14-10(12)7-16-11/h2-5,7,13H,6H2,1H3. The van der Waals surface area contributed by atoms with Gasteiger partial charge < -0.3 is 10.1 Å². The summed E-state index contributed by atoms with van der Waals surface area (Å²) < 4.78 is 5.58. The Morgan fingerprint density at radius 2 is 2.38 bits per heavy atom. The maximum Gasteiger partial charge on any atom is 0.280 e. The SMILES string of the molecule is CNCc1cccc(Oc2nc(Cl)cs2)c1. The van der Waals surface area contributed by atoms with Gasteiger partial charge in [0, 0.05) is 11.9 Å². The summed E-state index contributed by atoms with van der Waals surface area (Å²) in [5, 5.41) is 5.86. The summed E-state index contributed by atoms with van der Waals surface area (Å²) in [5.74, 6) is 0.777. The second-order valence-electron chi connectivity index (χ2n) is 3.22. The highest BCUT2D eigenvalue weighted by Gasteiger charge is 2.03. The molecular formula is C11H11ClN2OS. The van der Waals surface area contributed by atoms with Gasteiger partial charge >= 0.3 is 0 Å². The van der Waals surface area contributed by atoms with Crippen LogP contribution in [0, 0.1) is 0 Å². The topological polar surface area (TPSA) is 34.1 Å². The van der Waals surface area contributed by atoms with E-state index < -0.39 is 0 Å². The molecule has 0 saturated carbocycles. The maximum atomic E-state index is 5.72. The Labute approximate surface area is 103 Å². The van der Waals surface area contributed by atoms with Crippen molar-refractivity contribution in [2.45, 2.75) is 6.54 Å². The molecule has 0 amide bonds. The number of hydrogen-bond acceptors (Lipinski definition) is 4. The van der Waals surface area contributed by atoms with E-state index in [0.717, 1.165) is 12.3 Å². The van der Waals surface area contributed by atoms with Gasteiger partial charge in [-0.05, 0) is 24.7 Å². The van der Waals surface area contributed by atoms with E-state index in [4.69, 9.17) is 16.3 Å². The molecule has 0 bridgehead atoms. The van der Waals surface area contributed by atoms with Crippen LogP contribution in [0.4, 0.5) is 0 Å². The van der Waals surface area contributed by atoms with E-state index in [2.05, 4.69) is 10.3 Å². The van der Waals surface area contributed by atoms with E-state index in [9.17, 15) is 0 Å². The molecule has 2 aromatic rings. The first-order chi connectivity index (χ1) is 7.78. The van der Waals surface area contributed by atoms with Gasteiger partial charge in [-0.25, -0.2) is 0 Å². The van der Waals surface area contributed by atoms with Gasteiger partial charge in [0.15, 0.2) is 0 Å². The predicted molar refractivity (Wildman–Crippen MR) is 66.4 cm³/mol. The largest absolute Gasteiger partial charge is 0.431 e. The third-order valence-corrected chi connectivity index (χ3v) is 2.98. The van der Waals surface area contributed by atoms with Crippen LogP contribution in [0.1, 0.15) is 5.56 Å². The summed E-state index contributed by atoms with van der Waals surface area (Å²) in [6.07, 6.45) is 0. The van der Waals surface area contributed by atoms with E-state index in [0.29, 0.717) is 10.3 Å². The first kappa shape index (κ1) is 11.4. The fourth-order valence-electron chi connectivity index (χ4n) is 1.31. The smallest absolute Gasteiger partial charge is 0.280 e. The van der Waals surface area contributed by atoms with Crippen LogP contribution in [0.5, 0.6) is 10.9 Å². The molecule has 0 aliphatic heterocycles. The van der Waals surface area contributed by atoms with Gasteiger partial charge in [-0.15, -0.1) is 0 Å². The molecular weight excluding hydrogens is 244 g/mol. The fraction of sp³-hybridized carbons (Fsp3) is 0.182. The van der Waals surface area contributed by atoms with Crippen LogP contribution in [0.25, 0.3) is 0 Å². The quantitative estimate of drug-likeness (QED) is 0.909. The minimum atomic E-state index is 0.464. The van der Waals surface area contributed by atoms with Crippen molar-refractivity contribution in [3.63, 3.8) is 0 Å². The maximum absolute atomic E-state index is 5.72. The van der Waals surface area contributed by atoms with Crippen molar-refractivity contribution >= 4 is 22.9 Å². The van der Waals surface area contributed by atoms with Crippen molar-refractivity contribution in [2.24, 2.45) is 0 Å². The number of hydrogen-bond donors (Lipinski definition) is 1. The van der Waals surface area contributed by atoms with E-state index in [1.54, 1.807) is 5.38 Å². The van der Waals surface area contributed by atoms with E-state index in [-0.39, 0.29) is 0 Å². The third kappa shape index (κ3) is 2.95. The van der Waals surface area contributed by atoms with Gasteiger partial charge in [-0.2, -0.15) is 4.98 Å². The monoisotopic (exact) mass is 254 g/mol. The molecule has 0 aliphatic carbocycles. The molecule has 0 aliphatic rings. The normalized spacial score (nSPS) is 10.4. The Hall–Kier alpha value is -1.10. The zero-order valence-electron chi connectivity index (χ0n) is 8.74. The number of halogens is 1. The highest BCUT2D eigenvalue weighted by molar-refractivity contribution is 7.11. The van der Waals surface area contributed by atoms with Crippen molar-refractivity contribution in [1.29, 1.82) is 0 Å². The van der Waals surface area contributed by atoms with Crippen LogP contribution in [0.3, 0.4) is 0 Å². The molecule has 0 atom stereocenters. The highest BCUT2D eigenvalue weighted by Crippen LogP contribution is 2.27. The van der Waals surface area contributed by atoms with Crippen LogP contribution < -0.4 is 10.1 Å². The predicted octanol–water partition coefficient (Wildman–Crippen LogP) is 3.31. The number of thiazole rings is 1. The van der Waals surface area contributed by atoms with Crippen molar-refractivity contribution in [3.05, 3.63) is 40.4 Å². The summed E-state index contributed by atoms with van der Waals surface area (Å²) in [7, 11) is 1.91. The van der Waals surface area contributed by atoms with Crippen molar-refractivity contribution in [3.8, 4) is 10.9 Å². The lowest BCUT2D eigenvalue weighted by atomic mass is 10.2. The first-order valence-corrected chi connectivity index (χ1v) is 6.06. The average Bonchev–Trinajstić information content (AvgIpc) is 2.65. The minimum Gasteiger partial charge on any atom is -0.431 e. The second kappa shape index (κ2) is 5.30. The van der Waals surface area contributed by atoms with Crippen molar-refractivity contribution < 1.29 is 4.74 Å². The highest BCUT2D eigenvalue weighted by atomic mass is 35.5. The summed E-state index contributed by atoms with van der Waals surface area (Å²) in [5.41, 5.74) is 1.17. The van der Waals surface area contributed by atoms with Gasteiger partial charge in [0.05, 0.1) is 0 Å². The Bertz CT molecular complexity index is 473. The lowest BCUT2D eigenvalue weighted by molar-refractivity contribution is 0.478. The van der Waals surface area contributed by atoms with Crippen LogP contribution in [-0.2, 0) is 6.54 Å². The molecule has 5 heteroatoms. The number of benzene rings is 1. The zero-order valence-corrected chi connectivity index (χ0v) is 10.3. The number of nitrogens with zero attached hydrogens (tertiary/aromatic N) is 1. The summed E-state index contributed by atoms with van der Waals surface area (Å²) >= 11 is 7.10. The Kier molecular flexibility index (Phi) is 3.77. The van der Waals surface area contributed by atoms with Crippen molar-refractivity contribution in [2.75, 3.05) is 7.05 Å². The van der Waals surface area contributed by atoms with Crippen LogP contribution in [0.2, 0.25) is 5.15 Å². The first-order valence-electron chi connectivity index (χ1n) is 4.80. The molecule has 0 saturated heterocycles. The van der Waals surface area contributed by atoms with Gasteiger partial charge in [0.25, 0.3) is 5.19 Å². The molecule has 16 heavy (non-hydrogen) atoms. The molecule has 0 spiro atoms. The lowest BCUT2D eigenvalue weighted by Crippen LogP contribution is -2.04. The number of nitrogens with one attached hydrogen (secondary N) is 1. The van der Waals surface area contributed by atoms with Crippen molar-refractivity contribution in [1.82, 2.24) is 10.3 Å². The molecule has 1 aromatic heterocycles. The molecule has 84 valence electrons. The molecule has 0 radical (unpaired) electrons. The van der Waals surface area contributed by atoms with E-state index in [1.165, 1.54) is 16.9 Å². The van der Waals surface area contributed by atoms with Gasteiger partial charge in [0.2, 0.25) is 0 Å². The Morgan fingerprint density at radius 3 is 3.06 bits per heavy atom. The molecule has 0 unspecified atom stereocenters. The van der Waals surface area contributed by atoms with E-state index >= 15 is 0 Å². The number of rotatable bonds is 4. The second-order valence-corrected chi connectivity index (χ2v) is 4.42. The summed E-state index contributed by atoms with van der Waals surface area (Å²) in [4.78, 5) is 4.03. The number of ether oxygens (including phenoxy) is 1. The lowest BCUT2D eigenvalue weighted by Gasteiger charge is -2.04. The van der Waals surface area contributed by atoms with E-state index in [1.807, 2.05) is 31.3 Å². The van der Waals surface area contributed by atoms with Gasteiger partial charge in [-0.3, -0.25) is 0 Å². The van der Waals surface area contributed by atoms with Crippen LogP contribution in [0.15, 0.2) is 29.6 Å².